The number of hydrogen-bond acceptors (Lipinski definition) is 4. The van der Waals surface area contributed by atoms with E-state index in [-0.39, 0.29) is 6.61 Å². The average Bonchev–Trinajstić information content (AvgIpc) is 2.88. The first kappa shape index (κ1) is 26.9. The Labute approximate surface area is 214 Å². The smallest absolute Gasteiger partial charge is 0.417 e. The summed E-state index contributed by atoms with van der Waals surface area (Å²) in [7, 11) is 0. The molecule has 0 saturated carbocycles. The van der Waals surface area contributed by atoms with Crippen LogP contribution >= 0.6 is 0 Å². The summed E-state index contributed by atoms with van der Waals surface area (Å²) in [5, 5.41) is 0. The van der Waals surface area contributed by atoms with Crippen LogP contribution in [-0.2, 0) is 19.9 Å². The van der Waals surface area contributed by atoms with Gasteiger partial charge in [0.25, 0.3) is 0 Å². The molecule has 3 aromatic carbocycles. The molecule has 36 heavy (non-hydrogen) atoms. The molecule has 0 radical (unpaired) electrons. The number of nitrogens with zero attached hydrogens (tertiary/aromatic N) is 1. The van der Waals surface area contributed by atoms with Crippen LogP contribution in [0.25, 0.3) is 0 Å². The summed E-state index contributed by atoms with van der Waals surface area (Å²) >= 11 is 0. The maximum absolute atomic E-state index is 12.9. The molecule has 0 fully saturated rings. The highest BCUT2D eigenvalue weighted by atomic mass is 16.6. The molecule has 0 spiro atoms. The zero-order valence-electron chi connectivity index (χ0n) is 21.3. The van der Waals surface area contributed by atoms with Crippen LogP contribution in [0, 0.1) is 0 Å². The molecule has 1 unspecified atom stereocenters. The predicted octanol–water partition coefficient (Wildman–Crippen LogP) is 6.72. The van der Waals surface area contributed by atoms with Crippen molar-refractivity contribution in [3.8, 4) is 0 Å². The molecule has 5 heteroatoms. The highest BCUT2D eigenvalue weighted by molar-refractivity contribution is 5.81. The molecular weight excluding hydrogens is 450 g/mol. The lowest BCUT2D eigenvalue weighted by atomic mass is 9.80. The van der Waals surface area contributed by atoms with E-state index in [4.69, 9.17) is 9.47 Å². The van der Waals surface area contributed by atoms with E-state index in [0.717, 1.165) is 21.6 Å². The quantitative estimate of drug-likeness (QED) is 0.172. The molecule has 3 aromatic rings. The van der Waals surface area contributed by atoms with E-state index in [1.807, 2.05) is 91.0 Å². The summed E-state index contributed by atoms with van der Waals surface area (Å²) in [6.07, 6.45) is 2.70. The van der Waals surface area contributed by atoms with Gasteiger partial charge in [-0.25, -0.2) is 9.69 Å². The summed E-state index contributed by atoms with van der Waals surface area (Å²) in [6, 6.07) is 29.4. The van der Waals surface area contributed by atoms with Gasteiger partial charge < -0.3 is 9.47 Å². The van der Waals surface area contributed by atoms with Gasteiger partial charge >= 0.3 is 6.09 Å². The third-order valence-corrected chi connectivity index (χ3v) is 5.85. The zero-order chi connectivity index (χ0) is 26.0. The molecule has 0 saturated heterocycles. The molecule has 0 aromatic heterocycles. The summed E-state index contributed by atoms with van der Waals surface area (Å²) in [5.41, 5.74) is 1.14. The second kappa shape index (κ2) is 12.3. The zero-order valence-corrected chi connectivity index (χ0v) is 21.3. The van der Waals surface area contributed by atoms with Gasteiger partial charge in [-0.2, -0.15) is 0 Å². The number of carbonyl (C=O) groups excluding carboxylic acids is 2. The summed E-state index contributed by atoms with van der Waals surface area (Å²) in [4.78, 5) is 26.1. The Balaban J connectivity index is 2.08. The summed E-state index contributed by atoms with van der Waals surface area (Å²) in [6.45, 7) is 9.23. The third-order valence-electron chi connectivity index (χ3n) is 5.85. The van der Waals surface area contributed by atoms with Crippen molar-refractivity contribution >= 4 is 12.5 Å². The van der Waals surface area contributed by atoms with Gasteiger partial charge in [-0.05, 0) is 50.3 Å². The van der Waals surface area contributed by atoms with Crippen molar-refractivity contribution in [2.45, 2.75) is 50.9 Å². The Morgan fingerprint density at radius 1 is 0.861 bits per heavy atom. The van der Waals surface area contributed by atoms with Gasteiger partial charge in [-0.1, -0.05) is 97.1 Å². The minimum absolute atomic E-state index is 0.102. The Bertz CT molecular complexity index is 1010. The fourth-order valence-corrected chi connectivity index (χ4v) is 4.20. The van der Waals surface area contributed by atoms with Gasteiger partial charge in [0, 0.05) is 0 Å². The number of benzene rings is 3. The normalized spacial score (nSPS) is 12.4. The van der Waals surface area contributed by atoms with Crippen LogP contribution in [0.15, 0.2) is 104 Å². The monoisotopic (exact) mass is 485 g/mol. The number of allylic oxidation sites excluding steroid dienone is 1. The van der Waals surface area contributed by atoms with E-state index in [1.165, 1.54) is 0 Å². The number of rotatable bonds is 11. The molecular formula is C31H35NO4. The largest absolute Gasteiger partial charge is 0.443 e. The van der Waals surface area contributed by atoms with Crippen molar-refractivity contribution in [2.75, 3.05) is 6.61 Å². The molecule has 0 aliphatic rings. The van der Waals surface area contributed by atoms with Crippen molar-refractivity contribution in [3.05, 3.63) is 120 Å². The van der Waals surface area contributed by atoms with Crippen LogP contribution in [-0.4, -0.2) is 35.7 Å². The van der Waals surface area contributed by atoms with Gasteiger partial charge in [0.05, 0.1) is 12.6 Å². The minimum atomic E-state index is -0.960. The molecule has 1 atom stereocenters. The van der Waals surface area contributed by atoms with Gasteiger partial charge in [-0.15, -0.1) is 6.58 Å². The van der Waals surface area contributed by atoms with E-state index >= 15 is 0 Å². The van der Waals surface area contributed by atoms with E-state index in [9.17, 15) is 9.59 Å². The third kappa shape index (κ3) is 6.49. The van der Waals surface area contributed by atoms with Crippen molar-refractivity contribution in [2.24, 2.45) is 0 Å². The van der Waals surface area contributed by atoms with E-state index in [0.29, 0.717) is 19.3 Å². The highest BCUT2D eigenvalue weighted by Gasteiger charge is 2.39. The minimum Gasteiger partial charge on any atom is -0.443 e. The van der Waals surface area contributed by atoms with Crippen LogP contribution in [0.1, 0.15) is 50.3 Å². The fourth-order valence-electron chi connectivity index (χ4n) is 4.20. The van der Waals surface area contributed by atoms with Gasteiger partial charge in [-0.3, -0.25) is 4.79 Å². The van der Waals surface area contributed by atoms with Crippen LogP contribution in [0.4, 0.5) is 4.79 Å². The van der Waals surface area contributed by atoms with Crippen molar-refractivity contribution in [1.82, 2.24) is 4.90 Å². The average molecular weight is 486 g/mol. The van der Waals surface area contributed by atoms with E-state index in [1.54, 1.807) is 26.8 Å². The van der Waals surface area contributed by atoms with Crippen molar-refractivity contribution in [1.29, 1.82) is 0 Å². The van der Waals surface area contributed by atoms with Gasteiger partial charge in [0.1, 0.15) is 11.2 Å². The lowest BCUT2D eigenvalue weighted by molar-refractivity contribution is -0.122. The second-order valence-corrected chi connectivity index (χ2v) is 9.60. The lowest BCUT2D eigenvalue weighted by Crippen LogP contribution is -2.46. The number of imide groups is 1. The topological polar surface area (TPSA) is 55.8 Å². The first-order valence-electron chi connectivity index (χ1n) is 12.2. The second-order valence-electron chi connectivity index (χ2n) is 9.60. The Kier molecular flexibility index (Phi) is 9.20. The van der Waals surface area contributed by atoms with E-state index < -0.39 is 23.3 Å². The van der Waals surface area contributed by atoms with E-state index in [2.05, 4.69) is 6.58 Å². The maximum Gasteiger partial charge on any atom is 0.417 e. The fraction of sp³-hybridized carbons (Fsp3) is 0.290. The number of hydrogen-bond donors (Lipinski definition) is 0. The lowest BCUT2D eigenvalue weighted by Gasteiger charge is -2.38. The number of ether oxygens (including phenoxy) is 2. The summed E-state index contributed by atoms with van der Waals surface area (Å²) < 4.78 is 12.4. The van der Waals surface area contributed by atoms with Crippen LogP contribution in [0.5, 0.6) is 0 Å². The molecule has 0 aliphatic heterocycles. The molecule has 188 valence electrons. The van der Waals surface area contributed by atoms with Crippen molar-refractivity contribution in [3.63, 3.8) is 0 Å². The Morgan fingerprint density at radius 2 is 1.31 bits per heavy atom. The van der Waals surface area contributed by atoms with Crippen molar-refractivity contribution < 1.29 is 19.1 Å². The first-order valence-corrected chi connectivity index (χ1v) is 12.2. The van der Waals surface area contributed by atoms with Crippen LogP contribution in [0.2, 0.25) is 0 Å². The first-order chi connectivity index (χ1) is 17.3. The SMILES string of the molecule is C=CCCC(COC(c1ccccc1)(c1ccccc1)c1ccccc1)N(C=O)C(=O)OC(C)(C)C. The molecule has 2 amide bonds. The maximum atomic E-state index is 12.9. The van der Waals surface area contributed by atoms with Crippen LogP contribution in [0.3, 0.4) is 0 Å². The molecule has 0 aliphatic carbocycles. The summed E-state index contributed by atoms with van der Waals surface area (Å²) in [5.74, 6) is 0. The molecule has 0 bridgehead atoms. The highest BCUT2D eigenvalue weighted by Crippen LogP contribution is 2.40. The number of carbonyl (C=O) groups is 2. The Hall–Kier alpha value is -3.70. The van der Waals surface area contributed by atoms with Crippen LogP contribution < -0.4 is 0 Å². The molecule has 5 nitrogen and oxygen atoms in total. The Morgan fingerprint density at radius 3 is 1.67 bits per heavy atom. The predicted molar refractivity (Wildman–Crippen MR) is 143 cm³/mol. The molecule has 3 rings (SSSR count). The van der Waals surface area contributed by atoms with Gasteiger partial charge in [0.2, 0.25) is 6.41 Å². The number of amides is 2. The standard InChI is InChI=1S/C31H35NO4/c1-5-6-22-28(32(24-33)29(34)36-30(2,3)4)23-35-31(25-16-10-7-11-17-25,26-18-12-8-13-19-26)27-20-14-9-15-21-27/h5,7-21,24,28H,1,6,22-23H2,2-4H3. The molecule has 0 N–H and O–H groups in total. The molecule has 0 heterocycles. The van der Waals surface area contributed by atoms with Gasteiger partial charge in [0.15, 0.2) is 0 Å².